The smallest absolute Gasteiger partial charge is 0.326 e. The third kappa shape index (κ3) is 2.20. The van der Waals surface area contributed by atoms with Crippen molar-refractivity contribution in [1.82, 2.24) is 10.6 Å². The molecule has 1 heterocycles. The second-order valence-corrected chi connectivity index (χ2v) is 3.61. The van der Waals surface area contributed by atoms with Crippen LogP contribution >= 0.6 is 12.2 Å². The van der Waals surface area contributed by atoms with Crippen LogP contribution in [-0.4, -0.2) is 28.1 Å². The van der Waals surface area contributed by atoms with Crippen LogP contribution in [0.3, 0.4) is 0 Å². The highest BCUT2D eigenvalue weighted by atomic mass is 32.1. The standard InChI is InChI=1S/C8H12N2O3S/c1-2-3-4-5(7(11)12)9-8(13)10-6(4)14/h4-5H,2-3H2,1H3,(H,11,12)(H2,9,10,13,14)/t4-,5+/m1/s1. The quantitative estimate of drug-likeness (QED) is 0.600. The van der Waals surface area contributed by atoms with Crippen LogP contribution in [0.4, 0.5) is 4.79 Å². The number of urea groups is 1. The highest BCUT2D eigenvalue weighted by Gasteiger charge is 2.36. The van der Waals surface area contributed by atoms with Crippen LogP contribution < -0.4 is 10.6 Å². The minimum atomic E-state index is -1.04. The maximum absolute atomic E-state index is 11.0. The van der Waals surface area contributed by atoms with E-state index in [1.54, 1.807) is 0 Å². The van der Waals surface area contributed by atoms with Gasteiger partial charge in [0.25, 0.3) is 0 Å². The van der Waals surface area contributed by atoms with Crippen LogP contribution in [-0.2, 0) is 4.79 Å². The molecule has 1 rings (SSSR count). The number of carbonyl (C=O) groups excluding carboxylic acids is 1. The van der Waals surface area contributed by atoms with Gasteiger partial charge in [0.15, 0.2) is 0 Å². The molecule has 1 saturated heterocycles. The van der Waals surface area contributed by atoms with Crippen molar-refractivity contribution in [2.75, 3.05) is 0 Å². The summed E-state index contributed by atoms with van der Waals surface area (Å²) >= 11 is 4.93. The normalized spacial score (nSPS) is 26.6. The molecule has 0 aliphatic carbocycles. The molecule has 14 heavy (non-hydrogen) atoms. The Hall–Kier alpha value is -1.17. The van der Waals surface area contributed by atoms with Gasteiger partial charge in [0.05, 0.1) is 4.99 Å². The fraction of sp³-hybridized carbons (Fsp3) is 0.625. The number of amides is 2. The van der Waals surface area contributed by atoms with Gasteiger partial charge in [-0.25, -0.2) is 9.59 Å². The number of aliphatic carboxylic acids is 1. The average Bonchev–Trinajstić information content (AvgIpc) is 2.09. The van der Waals surface area contributed by atoms with Gasteiger partial charge in [-0.15, -0.1) is 0 Å². The average molecular weight is 216 g/mol. The summed E-state index contributed by atoms with van der Waals surface area (Å²) in [5, 5.41) is 13.6. The fourth-order valence-corrected chi connectivity index (χ4v) is 1.82. The summed E-state index contributed by atoms with van der Waals surface area (Å²) in [7, 11) is 0. The molecule has 0 aromatic carbocycles. The maximum Gasteiger partial charge on any atom is 0.326 e. The van der Waals surface area contributed by atoms with E-state index in [4.69, 9.17) is 17.3 Å². The van der Waals surface area contributed by atoms with Gasteiger partial charge in [0.2, 0.25) is 0 Å². The van der Waals surface area contributed by atoms with Gasteiger partial charge >= 0.3 is 12.0 Å². The maximum atomic E-state index is 11.0. The minimum absolute atomic E-state index is 0.301. The Kier molecular flexibility index (Phi) is 3.40. The third-order valence-corrected chi connectivity index (χ3v) is 2.53. The number of rotatable bonds is 3. The van der Waals surface area contributed by atoms with Crippen molar-refractivity contribution in [3.8, 4) is 0 Å². The molecule has 78 valence electrons. The zero-order chi connectivity index (χ0) is 10.7. The molecule has 1 fully saturated rings. The van der Waals surface area contributed by atoms with E-state index in [9.17, 15) is 9.59 Å². The molecule has 0 radical (unpaired) electrons. The zero-order valence-corrected chi connectivity index (χ0v) is 8.56. The highest BCUT2D eigenvalue weighted by molar-refractivity contribution is 7.80. The van der Waals surface area contributed by atoms with Crippen molar-refractivity contribution in [2.24, 2.45) is 5.92 Å². The second-order valence-electron chi connectivity index (χ2n) is 3.17. The van der Waals surface area contributed by atoms with Crippen LogP contribution in [0.5, 0.6) is 0 Å². The molecular weight excluding hydrogens is 204 g/mol. The first-order valence-corrected chi connectivity index (χ1v) is 4.81. The zero-order valence-electron chi connectivity index (χ0n) is 7.74. The topological polar surface area (TPSA) is 78.4 Å². The van der Waals surface area contributed by atoms with Gasteiger partial charge in [0, 0.05) is 5.92 Å². The van der Waals surface area contributed by atoms with Gasteiger partial charge in [0.1, 0.15) is 6.04 Å². The van der Waals surface area contributed by atoms with Gasteiger partial charge in [-0.1, -0.05) is 25.6 Å². The number of carbonyl (C=O) groups is 2. The Bertz CT molecular complexity index is 280. The van der Waals surface area contributed by atoms with Gasteiger partial charge < -0.3 is 15.7 Å². The van der Waals surface area contributed by atoms with Gasteiger partial charge in [-0.05, 0) is 6.42 Å². The molecule has 2 atom stereocenters. The Morgan fingerprint density at radius 2 is 2.29 bits per heavy atom. The van der Waals surface area contributed by atoms with Gasteiger partial charge in [-0.2, -0.15) is 0 Å². The molecule has 0 aromatic rings. The predicted octanol–water partition coefficient (Wildman–Crippen LogP) is 0.496. The van der Waals surface area contributed by atoms with Crippen molar-refractivity contribution < 1.29 is 14.7 Å². The number of hydrogen-bond donors (Lipinski definition) is 3. The second kappa shape index (κ2) is 4.36. The molecule has 6 heteroatoms. The first-order valence-electron chi connectivity index (χ1n) is 4.40. The number of carboxylic acid groups (broad SMARTS) is 1. The van der Waals surface area contributed by atoms with Crippen molar-refractivity contribution in [1.29, 1.82) is 0 Å². The molecule has 0 spiro atoms. The number of hydrogen-bond acceptors (Lipinski definition) is 3. The molecule has 0 bridgehead atoms. The molecule has 2 amide bonds. The van der Waals surface area contributed by atoms with Crippen LogP contribution in [0.1, 0.15) is 19.8 Å². The van der Waals surface area contributed by atoms with Crippen LogP contribution in [0.15, 0.2) is 0 Å². The monoisotopic (exact) mass is 216 g/mol. The lowest BCUT2D eigenvalue weighted by Crippen LogP contribution is -2.60. The summed E-state index contributed by atoms with van der Waals surface area (Å²) in [5.74, 6) is -1.34. The van der Waals surface area contributed by atoms with E-state index in [0.717, 1.165) is 6.42 Å². The highest BCUT2D eigenvalue weighted by Crippen LogP contribution is 2.16. The Morgan fingerprint density at radius 1 is 1.64 bits per heavy atom. The summed E-state index contributed by atoms with van der Waals surface area (Å²) in [4.78, 5) is 22.1. The molecular formula is C8H12N2O3S. The number of nitrogens with one attached hydrogen (secondary N) is 2. The lowest BCUT2D eigenvalue weighted by molar-refractivity contribution is -0.140. The summed E-state index contributed by atoms with van der Waals surface area (Å²) in [6.45, 7) is 1.94. The molecule has 1 aliphatic heterocycles. The Balaban J connectivity index is 2.80. The van der Waals surface area contributed by atoms with E-state index in [0.29, 0.717) is 11.4 Å². The van der Waals surface area contributed by atoms with E-state index in [1.165, 1.54) is 0 Å². The van der Waals surface area contributed by atoms with Crippen LogP contribution in [0, 0.1) is 5.92 Å². The first-order chi connectivity index (χ1) is 6.56. The molecule has 0 unspecified atom stereocenters. The van der Waals surface area contributed by atoms with Crippen LogP contribution in [0.2, 0.25) is 0 Å². The largest absolute Gasteiger partial charge is 0.480 e. The summed E-state index contributed by atoms with van der Waals surface area (Å²) in [5.41, 5.74) is 0. The van der Waals surface area contributed by atoms with Crippen molar-refractivity contribution in [3.63, 3.8) is 0 Å². The van der Waals surface area contributed by atoms with Gasteiger partial charge in [-0.3, -0.25) is 0 Å². The summed E-state index contributed by atoms with van der Waals surface area (Å²) < 4.78 is 0. The first kappa shape index (κ1) is 10.9. The Morgan fingerprint density at radius 3 is 2.79 bits per heavy atom. The fourth-order valence-electron chi connectivity index (χ4n) is 1.48. The lowest BCUT2D eigenvalue weighted by Gasteiger charge is -2.30. The molecule has 0 saturated carbocycles. The molecule has 3 N–H and O–H groups in total. The predicted molar refractivity (Wildman–Crippen MR) is 54.1 cm³/mol. The summed E-state index contributed by atoms with van der Waals surface area (Å²) in [6, 6.07) is -1.43. The lowest BCUT2D eigenvalue weighted by atomic mass is 9.93. The van der Waals surface area contributed by atoms with Crippen molar-refractivity contribution >= 4 is 29.2 Å². The van der Waals surface area contributed by atoms with Crippen molar-refractivity contribution in [2.45, 2.75) is 25.8 Å². The third-order valence-electron chi connectivity index (χ3n) is 2.13. The summed E-state index contributed by atoms with van der Waals surface area (Å²) in [6.07, 6.45) is 1.48. The molecule has 1 aliphatic rings. The van der Waals surface area contributed by atoms with E-state index < -0.39 is 18.0 Å². The van der Waals surface area contributed by atoms with E-state index in [-0.39, 0.29) is 5.92 Å². The van der Waals surface area contributed by atoms with E-state index >= 15 is 0 Å². The van der Waals surface area contributed by atoms with E-state index in [1.807, 2.05) is 6.92 Å². The van der Waals surface area contributed by atoms with Crippen LogP contribution in [0.25, 0.3) is 0 Å². The SMILES string of the molecule is CCC[C@H]1C(=S)NC(=O)N[C@@H]1C(=O)O. The number of thiocarbonyl (C=S) groups is 1. The van der Waals surface area contributed by atoms with E-state index in [2.05, 4.69) is 10.6 Å². The van der Waals surface area contributed by atoms with Crippen molar-refractivity contribution in [3.05, 3.63) is 0 Å². The Labute approximate surface area is 86.9 Å². The molecule has 0 aromatic heterocycles. The number of carboxylic acids is 1. The molecule has 5 nitrogen and oxygen atoms in total. The minimum Gasteiger partial charge on any atom is -0.480 e.